The number of carbonyl (C=O) groups excluding carboxylic acids is 1. The zero-order valence-corrected chi connectivity index (χ0v) is 15.6. The van der Waals surface area contributed by atoms with Gasteiger partial charge in [0.2, 0.25) is 5.91 Å². The number of carbonyl (C=O) groups is 1. The number of aromatic nitrogens is 1. The minimum absolute atomic E-state index is 0.454. The first-order chi connectivity index (χ1) is 13.3. The van der Waals surface area contributed by atoms with Gasteiger partial charge in [-0.3, -0.25) is 4.79 Å². The van der Waals surface area contributed by atoms with Crippen molar-refractivity contribution >= 4 is 22.4 Å². The molecular weight excluding hydrogens is 387 g/mol. The first kappa shape index (κ1) is 19.9. The van der Waals surface area contributed by atoms with E-state index >= 15 is 0 Å². The topological polar surface area (TPSA) is 68.0 Å². The van der Waals surface area contributed by atoms with Crippen LogP contribution >= 0.6 is 11.3 Å². The zero-order chi connectivity index (χ0) is 20.1. The Labute approximate surface area is 164 Å². The van der Waals surface area contributed by atoms with Crippen molar-refractivity contribution in [3.05, 3.63) is 71.4 Å². The molecule has 0 unspecified atom stereocenters. The van der Waals surface area contributed by atoms with Crippen molar-refractivity contribution in [1.82, 2.24) is 4.98 Å². The van der Waals surface area contributed by atoms with E-state index in [4.69, 9.17) is 5.73 Å². The van der Waals surface area contributed by atoms with Crippen molar-refractivity contribution in [2.45, 2.75) is 19.0 Å². The molecule has 3 N–H and O–H groups in total. The normalized spacial score (nSPS) is 11.4. The first-order valence-electron chi connectivity index (χ1n) is 8.59. The number of nitrogens with one attached hydrogen (secondary N) is 1. The van der Waals surface area contributed by atoms with Crippen LogP contribution in [0.15, 0.2) is 54.7 Å². The van der Waals surface area contributed by atoms with E-state index in [0.29, 0.717) is 18.5 Å². The molecule has 1 heterocycles. The summed E-state index contributed by atoms with van der Waals surface area (Å²) in [6, 6.07) is 12.2. The molecule has 3 rings (SSSR count). The summed E-state index contributed by atoms with van der Waals surface area (Å²) in [4.78, 5) is 16.4. The number of hydrogen-bond donors (Lipinski definition) is 2. The standard InChI is InChI=1S/C20H18F3N3OS/c21-20(22,23)16-9-3-13(4-10-16)2-1-11-25-19-26-12-17(28-19)14-5-7-15(8-6-14)18(24)27/h3-10,12H,1-2,11H2,(H2,24,27)(H,25,26). The second-order valence-electron chi connectivity index (χ2n) is 6.20. The highest BCUT2D eigenvalue weighted by molar-refractivity contribution is 7.18. The molecule has 8 heteroatoms. The number of rotatable bonds is 7. The highest BCUT2D eigenvalue weighted by atomic mass is 32.1. The molecule has 3 aromatic rings. The molecule has 28 heavy (non-hydrogen) atoms. The molecule has 0 aliphatic rings. The van der Waals surface area contributed by atoms with Crippen molar-refractivity contribution in [2.24, 2.45) is 5.73 Å². The second-order valence-corrected chi connectivity index (χ2v) is 7.23. The smallest absolute Gasteiger partial charge is 0.366 e. The molecule has 0 fully saturated rings. The van der Waals surface area contributed by atoms with Gasteiger partial charge in [-0.15, -0.1) is 0 Å². The van der Waals surface area contributed by atoms with E-state index < -0.39 is 17.6 Å². The summed E-state index contributed by atoms with van der Waals surface area (Å²) >= 11 is 1.49. The summed E-state index contributed by atoms with van der Waals surface area (Å²) in [5.74, 6) is -0.466. The maximum Gasteiger partial charge on any atom is 0.416 e. The van der Waals surface area contributed by atoms with Crippen molar-refractivity contribution in [2.75, 3.05) is 11.9 Å². The van der Waals surface area contributed by atoms with Crippen LogP contribution in [0.5, 0.6) is 0 Å². The summed E-state index contributed by atoms with van der Waals surface area (Å²) in [5, 5.41) is 3.99. The summed E-state index contributed by atoms with van der Waals surface area (Å²) in [5.41, 5.74) is 6.87. The van der Waals surface area contributed by atoms with Crippen LogP contribution in [0.2, 0.25) is 0 Å². The van der Waals surface area contributed by atoms with E-state index in [-0.39, 0.29) is 0 Å². The Kier molecular flexibility index (Phi) is 5.99. The number of primary amides is 1. The van der Waals surface area contributed by atoms with E-state index in [2.05, 4.69) is 10.3 Å². The molecule has 0 saturated carbocycles. The van der Waals surface area contributed by atoms with Crippen LogP contribution in [0.4, 0.5) is 18.3 Å². The molecule has 0 spiro atoms. The van der Waals surface area contributed by atoms with E-state index in [9.17, 15) is 18.0 Å². The Morgan fingerprint density at radius 3 is 2.36 bits per heavy atom. The monoisotopic (exact) mass is 405 g/mol. The summed E-state index contributed by atoms with van der Waals surface area (Å²) < 4.78 is 37.7. The van der Waals surface area contributed by atoms with Gasteiger partial charge in [0.15, 0.2) is 5.13 Å². The van der Waals surface area contributed by atoms with E-state index in [0.717, 1.165) is 39.7 Å². The van der Waals surface area contributed by atoms with Gasteiger partial charge in [-0.05, 0) is 48.2 Å². The van der Waals surface area contributed by atoms with Gasteiger partial charge in [0, 0.05) is 18.3 Å². The number of benzene rings is 2. The SMILES string of the molecule is NC(=O)c1ccc(-c2cnc(NCCCc3ccc(C(F)(F)F)cc3)s2)cc1. The molecule has 0 atom stereocenters. The fourth-order valence-corrected chi connectivity index (χ4v) is 3.48. The maximum atomic E-state index is 12.6. The minimum atomic E-state index is -4.30. The van der Waals surface area contributed by atoms with Gasteiger partial charge in [0.25, 0.3) is 0 Å². The zero-order valence-electron chi connectivity index (χ0n) is 14.8. The molecule has 4 nitrogen and oxygen atoms in total. The van der Waals surface area contributed by atoms with Crippen LogP contribution in [0.25, 0.3) is 10.4 Å². The molecule has 1 amide bonds. The third-order valence-electron chi connectivity index (χ3n) is 4.16. The van der Waals surface area contributed by atoms with Crippen LogP contribution in [0.3, 0.4) is 0 Å². The molecule has 1 aromatic heterocycles. The van der Waals surface area contributed by atoms with Gasteiger partial charge >= 0.3 is 6.18 Å². The number of halogens is 3. The fourth-order valence-electron chi connectivity index (χ4n) is 2.64. The number of nitrogens with two attached hydrogens (primary N) is 1. The number of anilines is 1. The first-order valence-corrected chi connectivity index (χ1v) is 9.40. The maximum absolute atomic E-state index is 12.6. The van der Waals surface area contributed by atoms with E-state index in [1.54, 1.807) is 18.3 Å². The molecular formula is C20H18F3N3OS. The lowest BCUT2D eigenvalue weighted by Gasteiger charge is -2.07. The van der Waals surface area contributed by atoms with Crippen LogP contribution in [0, 0.1) is 0 Å². The Bertz CT molecular complexity index is 935. The number of hydrogen-bond acceptors (Lipinski definition) is 4. The Balaban J connectivity index is 1.49. The lowest BCUT2D eigenvalue weighted by atomic mass is 10.1. The van der Waals surface area contributed by atoms with Crippen LogP contribution in [-0.2, 0) is 12.6 Å². The predicted molar refractivity (Wildman–Crippen MR) is 104 cm³/mol. The lowest BCUT2D eigenvalue weighted by Crippen LogP contribution is -2.10. The highest BCUT2D eigenvalue weighted by Gasteiger charge is 2.29. The Morgan fingerprint density at radius 1 is 1.07 bits per heavy atom. The van der Waals surface area contributed by atoms with Crippen LogP contribution < -0.4 is 11.1 Å². The largest absolute Gasteiger partial charge is 0.416 e. The van der Waals surface area contributed by atoms with Gasteiger partial charge < -0.3 is 11.1 Å². The lowest BCUT2D eigenvalue weighted by molar-refractivity contribution is -0.137. The number of aryl methyl sites for hydroxylation is 1. The van der Waals surface area contributed by atoms with Crippen molar-refractivity contribution in [3.63, 3.8) is 0 Å². The second kappa shape index (κ2) is 8.43. The molecule has 0 radical (unpaired) electrons. The molecule has 0 aliphatic carbocycles. The number of amides is 1. The van der Waals surface area contributed by atoms with Crippen LogP contribution in [0.1, 0.15) is 27.9 Å². The third-order valence-corrected chi connectivity index (χ3v) is 5.16. The van der Waals surface area contributed by atoms with E-state index in [1.807, 2.05) is 12.1 Å². The molecule has 0 bridgehead atoms. The molecule has 146 valence electrons. The Hall–Kier alpha value is -2.87. The number of nitrogens with zero attached hydrogens (tertiary/aromatic N) is 1. The fraction of sp³-hybridized carbons (Fsp3) is 0.200. The average molecular weight is 405 g/mol. The van der Waals surface area contributed by atoms with Gasteiger partial charge in [-0.2, -0.15) is 13.2 Å². The van der Waals surface area contributed by atoms with Gasteiger partial charge in [0.05, 0.1) is 10.4 Å². The number of thiazole rings is 1. The third kappa shape index (κ3) is 5.10. The predicted octanol–water partition coefficient (Wildman–Crippen LogP) is 4.97. The quantitative estimate of drug-likeness (QED) is 0.545. The Morgan fingerprint density at radius 2 is 1.75 bits per heavy atom. The van der Waals surface area contributed by atoms with Gasteiger partial charge in [-0.25, -0.2) is 4.98 Å². The average Bonchev–Trinajstić information content (AvgIpc) is 3.14. The molecule has 0 saturated heterocycles. The molecule has 0 aliphatic heterocycles. The van der Waals surface area contributed by atoms with E-state index in [1.165, 1.54) is 23.5 Å². The minimum Gasteiger partial charge on any atom is -0.366 e. The van der Waals surface area contributed by atoms with Crippen molar-refractivity contribution < 1.29 is 18.0 Å². The summed E-state index contributed by atoms with van der Waals surface area (Å²) in [7, 11) is 0. The number of alkyl halides is 3. The summed E-state index contributed by atoms with van der Waals surface area (Å²) in [6.45, 7) is 0.661. The van der Waals surface area contributed by atoms with Crippen molar-refractivity contribution in [3.8, 4) is 10.4 Å². The summed E-state index contributed by atoms with van der Waals surface area (Å²) in [6.07, 6.45) is -1.10. The van der Waals surface area contributed by atoms with Crippen molar-refractivity contribution in [1.29, 1.82) is 0 Å². The van der Waals surface area contributed by atoms with Crippen LogP contribution in [-0.4, -0.2) is 17.4 Å². The molecule has 2 aromatic carbocycles. The van der Waals surface area contributed by atoms with Gasteiger partial charge in [0.1, 0.15) is 0 Å². The highest BCUT2D eigenvalue weighted by Crippen LogP contribution is 2.30. The van der Waals surface area contributed by atoms with Gasteiger partial charge in [-0.1, -0.05) is 35.6 Å².